The van der Waals surface area contributed by atoms with Gasteiger partial charge in [0.05, 0.1) is 12.0 Å². The van der Waals surface area contributed by atoms with Gasteiger partial charge in [0.1, 0.15) is 11.5 Å². The summed E-state index contributed by atoms with van der Waals surface area (Å²) in [4.78, 5) is 49.9. The van der Waals surface area contributed by atoms with Gasteiger partial charge in [0.25, 0.3) is 17.1 Å². The third-order valence-electron chi connectivity index (χ3n) is 4.81. The number of thioether (sulfide) groups is 1. The van der Waals surface area contributed by atoms with Gasteiger partial charge in [-0.1, -0.05) is 19.1 Å². The van der Waals surface area contributed by atoms with Crippen LogP contribution < -0.4 is 14.8 Å². The molecule has 33 heavy (non-hydrogen) atoms. The Hall–Kier alpha value is -3.59. The maximum atomic E-state index is 12.6. The predicted molar refractivity (Wildman–Crippen MR) is 125 cm³/mol. The van der Waals surface area contributed by atoms with E-state index < -0.39 is 5.91 Å². The molecular weight excluding hydrogens is 444 g/mol. The number of carbonyl (C=O) groups excluding carboxylic acids is 4. The number of ether oxygens (including phenoxy) is 2. The van der Waals surface area contributed by atoms with Crippen molar-refractivity contribution in [2.75, 3.05) is 26.8 Å². The van der Waals surface area contributed by atoms with Gasteiger partial charge >= 0.3 is 0 Å². The van der Waals surface area contributed by atoms with Gasteiger partial charge in [-0.2, -0.15) is 0 Å². The number of imide groups is 1. The van der Waals surface area contributed by atoms with Gasteiger partial charge < -0.3 is 14.8 Å². The first-order valence-corrected chi connectivity index (χ1v) is 11.1. The van der Waals surface area contributed by atoms with E-state index in [1.807, 2.05) is 0 Å². The third kappa shape index (κ3) is 6.45. The smallest absolute Gasteiger partial charge is 0.293 e. The number of Topliss-reactive ketones (excluding diaryl/α,β-unsaturated/α-hetero) is 1. The number of hydrogen-bond donors (Lipinski definition) is 1. The van der Waals surface area contributed by atoms with Crippen LogP contribution in [0.3, 0.4) is 0 Å². The van der Waals surface area contributed by atoms with Crippen LogP contribution >= 0.6 is 11.8 Å². The van der Waals surface area contributed by atoms with Crippen molar-refractivity contribution in [2.45, 2.75) is 13.3 Å². The van der Waals surface area contributed by atoms with Crippen LogP contribution in [0.5, 0.6) is 11.5 Å². The van der Waals surface area contributed by atoms with Crippen LogP contribution in [-0.2, 0) is 9.59 Å². The maximum absolute atomic E-state index is 12.6. The second kappa shape index (κ2) is 11.3. The molecule has 1 fully saturated rings. The molecule has 1 heterocycles. The number of rotatable bonds is 10. The molecule has 0 aliphatic carbocycles. The average Bonchev–Trinajstić information content (AvgIpc) is 3.10. The molecule has 0 aromatic heterocycles. The molecule has 9 heteroatoms. The molecule has 3 amide bonds. The Morgan fingerprint density at radius 3 is 2.33 bits per heavy atom. The van der Waals surface area contributed by atoms with Gasteiger partial charge in [-0.3, -0.25) is 24.1 Å². The number of nitrogens with zero attached hydrogens (tertiary/aromatic N) is 1. The quantitative estimate of drug-likeness (QED) is 0.420. The van der Waals surface area contributed by atoms with Crippen LogP contribution in [-0.4, -0.2) is 54.5 Å². The summed E-state index contributed by atoms with van der Waals surface area (Å²) in [5.41, 5.74) is 1.37. The molecule has 0 bridgehead atoms. The molecule has 1 aliphatic heterocycles. The van der Waals surface area contributed by atoms with Crippen molar-refractivity contribution in [3.05, 3.63) is 64.6 Å². The van der Waals surface area contributed by atoms with Crippen LogP contribution in [0.25, 0.3) is 6.08 Å². The molecule has 3 rings (SSSR count). The fraction of sp³-hybridized carbons (Fsp3) is 0.250. The first-order valence-electron chi connectivity index (χ1n) is 10.3. The van der Waals surface area contributed by atoms with Crippen LogP contribution in [0.4, 0.5) is 4.79 Å². The van der Waals surface area contributed by atoms with E-state index in [1.54, 1.807) is 68.6 Å². The molecule has 0 saturated carbocycles. The zero-order valence-corrected chi connectivity index (χ0v) is 19.1. The molecule has 1 aliphatic rings. The summed E-state index contributed by atoms with van der Waals surface area (Å²) in [7, 11) is 1.57. The molecule has 0 atom stereocenters. The van der Waals surface area contributed by atoms with Crippen molar-refractivity contribution in [2.24, 2.45) is 0 Å². The van der Waals surface area contributed by atoms with Crippen molar-refractivity contribution in [3.8, 4) is 11.5 Å². The fourth-order valence-corrected chi connectivity index (χ4v) is 3.86. The van der Waals surface area contributed by atoms with E-state index in [0.29, 0.717) is 28.4 Å². The van der Waals surface area contributed by atoms with Gasteiger partial charge in [0.15, 0.2) is 12.4 Å². The Morgan fingerprint density at radius 2 is 1.70 bits per heavy atom. The van der Waals surface area contributed by atoms with Crippen molar-refractivity contribution >= 4 is 40.7 Å². The van der Waals surface area contributed by atoms with Gasteiger partial charge in [-0.05, 0) is 59.8 Å². The summed E-state index contributed by atoms with van der Waals surface area (Å²) in [6.45, 7) is 1.74. The minimum atomic E-state index is -0.395. The van der Waals surface area contributed by atoms with E-state index in [-0.39, 0.29) is 36.6 Å². The Bertz CT molecular complexity index is 1060. The van der Waals surface area contributed by atoms with Gasteiger partial charge in [0, 0.05) is 25.1 Å². The number of benzene rings is 2. The predicted octanol–water partition coefficient (Wildman–Crippen LogP) is 3.52. The number of nitrogens with one attached hydrogen (secondary N) is 1. The summed E-state index contributed by atoms with van der Waals surface area (Å²) >= 11 is 0.864. The zero-order chi connectivity index (χ0) is 23.8. The Labute approximate surface area is 195 Å². The molecule has 0 spiro atoms. The Morgan fingerprint density at radius 1 is 1.03 bits per heavy atom. The molecule has 0 radical (unpaired) electrons. The zero-order valence-electron chi connectivity index (χ0n) is 18.3. The second-order valence-corrected chi connectivity index (χ2v) is 8.04. The standard InChI is InChI=1S/C24H24N2O6S/c1-3-20(27)17-6-10-19(11-7-17)32-15-22(28)25-12-13-26-23(29)21(33-24(26)30)14-16-4-8-18(31-2)9-5-16/h4-11,14H,3,12-13,15H2,1-2H3,(H,25,28). The molecule has 1 saturated heterocycles. The lowest BCUT2D eigenvalue weighted by Gasteiger charge is -2.13. The summed E-state index contributed by atoms with van der Waals surface area (Å²) in [6.07, 6.45) is 2.07. The SMILES string of the molecule is CCC(=O)c1ccc(OCC(=O)NCCN2C(=O)SC(=Cc3ccc(OC)cc3)C2=O)cc1. The van der Waals surface area contributed by atoms with Gasteiger partial charge in [0.2, 0.25) is 0 Å². The average molecular weight is 469 g/mol. The van der Waals surface area contributed by atoms with Crippen molar-refractivity contribution < 1.29 is 28.7 Å². The summed E-state index contributed by atoms with van der Waals surface area (Å²) in [5.74, 6) is 0.416. The van der Waals surface area contributed by atoms with Crippen molar-refractivity contribution in [1.29, 1.82) is 0 Å². The van der Waals surface area contributed by atoms with Crippen LogP contribution in [0.2, 0.25) is 0 Å². The lowest BCUT2D eigenvalue weighted by molar-refractivity contribution is -0.125. The van der Waals surface area contributed by atoms with E-state index in [4.69, 9.17) is 9.47 Å². The Balaban J connectivity index is 1.45. The largest absolute Gasteiger partial charge is 0.497 e. The lowest BCUT2D eigenvalue weighted by atomic mass is 10.1. The van der Waals surface area contributed by atoms with E-state index in [1.165, 1.54) is 0 Å². The summed E-state index contributed by atoms with van der Waals surface area (Å²) in [6, 6.07) is 13.7. The minimum absolute atomic E-state index is 0.0328. The van der Waals surface area contributed by atoms with Crippen LogP contribution in [0.15, 0.2) is 53.4 Å². The lowest BCUT2D eigenvalue weighted by Crippen LogP contribution is -2.38. The highest BCUT2D eigenvalue weighted by Crippen LogP contribution is 2.32. The van der Waals surface area contributed by atoms with Gasteiger partial charge in [-0.25, -0.2) is 0 Å². The topological polar surface area (TPSA) is 102 Å². The number of hydrogen-bond acceptors (Lipinski definition) is 7. The molecule has 2 aromatic carbocycles. The highest BCUT2D eigenvalue weighted by molar-refractivity contribution is 8.18. The summed E-state index contributed by atoms with van der Waals surface area (Å²) < 4.78 is 10.5. The number of methoxy groups -OCH3 is 1. The first-order chi connectivity index (χ1) is 15.9. The van der Waals surface area contributed by atoms with E-state index in [0.717, 1.165) is 22.2 Å². The molecule has 2 aromatic rings. The first kappa shape index (κ1) is 24.1. The van der Waals surface area contributed by atoms with E-state index >= 15 is 0 Å². The van der Waals surface area contributed by atoms with E-state index in [2.05, 4.69) is 5.32 Å². The monoisotopic (exact) mass is 468 g/mol. The summed E-state index contributed by atoms with van der Waals surface area (Å²) in [5, 5.41) is 2.25. The molecular formula is C24H24N2O6S. The Kier molecular flexibility index (Phi) is 8.26. The third-order valence-corrected chi connectivity index (χ3v) is 5.72. The highest BCUT2D eigenvalue weighted by atomic mass is 32.2. The van der Waals surface area contributed by atoms with Crippen molar-refractivity contribution in [1.82, 2.24) is 10.2 Å². The maximum Gasteiger partial charge on any atom is 0.293 e. The molecule has 172 valence electrons. The van der Waals surface area contributed by atoms with E-state index in [9.17, 15) is 19.2 Å². The van der Waals surface area contributed by atoms with Gasteiger partial charge in [-0.15, -0.1) is 0 Å². The highest BCUT2D eigenvalue weighted by Gasteiger charge is 2.34. The van der Waals surface area contributed by atoms with Crippen LogP contribution in [0.1, 0.15) is 29.3 Å². The number of amides is 3. The molecule has 8 nitrogen and oxygen atoms in total. The fourth-order valence-electron chi connectivity index (χ4n) is 2.99. The molecule has 1 N–H and O–H groups in total. The number of carbonyl (C=O) groups is 4. The number of ketones is 1. The van der Waals surface area contributed by atoms with Crippen molar-refractivity contribution in [3.63, 3.8) is 0 Å². The molecule has 0 unspecified atom stereocenters. The second-order valence-electron chi connectivity index (χ2n) is 7.05. The normalized spacial score (nSPS) is 14.5. The minimum Gasteiger partial charge on any atom is -0.497 e. The van der Waals surface area contributed by atoms with Crippen LogP contribution in [0, 0.1) is 0 Å².